The molecule has 0 saturated heterocycles. The number of esters is 1. The summed E-state index contributed by atoms with van der Waals surface area (Å²) in [4.78, 5) is 11.4. The Labute approximate surface area is 194 Å². The van der Waals surface area contributed by atoms with E-state index < -0.39 is 17.6 Å². The van der Waals surface area contributed by atoms with Gasteiger partial charge in [0.2, 0.25) is 0 Å². The molecule has 3 rings (SSSR count). The second-order valence-electron chi connectivity index (χ2n) is 6.98. The van der Waals surface area contributed by atoms with Crippen LogP contribution in [0.15, 0.2) is 48.5 Å². The molecule has 0 aliphatic heterocycles. The molecule has 0 saturated carbocycles. The van der Waals surface area contributed by atoms with Crippen molar-refractivity contribution in [1.82, 2.24) is 0 Å². The summed E-state index contributed by atoms with van der Waals surface area (Å²) >= 11 is 12.7. The zero-order chi connectivity index (χ0) is 23.3. The van der Waals surface area contributed by atoms with Crippen LogP contribution in [0.5, 0.6) is 11.5 Å². The first-order chi connectivity index (χ1) is 15.3. The second kappa shape index (κ2) is 10.7. The monoisotopic (exact) mass is 480 g/mol. The highest BCUT2D eigenvalue weighted by Crippen LogP contribution is 2.34. The maximum absolute atomic E-state index is 15.2. The standard InChI is InChI=1S/C24H20Cl2F2O4/c1-2-31-23(30)13-32-17-11-20(25)18(21(26)12-17)10-15-5-8-22(29)19(24(15)28)9-14-3-6-16(27)7-4-14/h3-8,11-12,29H,2,9-10,13H2,1H3. The van der Waals surface area contributed by atoms with Gasteiger partial charge in [0.1, 0.15) is 23.1 Å². The van der Waals surface area contributed by atoms with Gasteiger partial charge in [-0.1, -0.05) is 41.4 Å². The highest BCUT2D eigenvalue weighted by Gasteiger charge is 2.18. The average molecular weight is 481 g/mol. The van der Waals surface area contributed by atoms with E-state index in [2.05, 4.69) is 0 Å². The minimum atomic E-state index is -0.593. The Morgan fingerprint density at radius 3 is 2.25 bits per heavy atom. The third-order valence-corrected chi connectivity index (χ3v) is 5.41. The predicted octanol–water partition coefficient (Wildman–Crippen LogP) is 6.10. The molecular formula is C24H20Cl2F2O4. The van der Waals surface area contributed by atoms with Crippen LogP contribution in [0.3, 0.4) is 0 Å². The number of aromatic hydroxyl groups is 1. The van der Waals surface area contributed by atoms with Crippen molar-refractivity contribution in [1.29, 1.82) is 0 Å². The smallest absolute Gasteiger partial charge is 0.344 e. The Kier molecular flexibility index (Phi) is 7.94. The molecule has 0 unspecified atom stereocenters. The topological polar surface area (TPSA) is 55.8 Å². The number of ether oxygens (including phenoxy) is 2. The van der Waals surface area contributed by atoms with Gasteiger partial charge in [-0.2, -0.15) is 0 Å². The summed E-state index contributed by atoms with van der Waals surface area (Å²) in [5.41, 5.74) is 1.49. The molecule has 0 fully saturated rings. The Morgan fingerprint density at radius 1 is 0.969 bits per heavy atom. The first kappa shape index (κ1) is 23.8. The van der Waals surface area contributed by atoms with Crippen LogP contribution < -0.4 is 4.74 Å². The Hall–Kier alpha value is -2.83. The van der Waals surface area contributed by atoms with Crippen LogP contribution in [-0.2, 0) is 22.4 Å². The largest absolute Gasteiger partial charge is 0.508 e. The third-order valence-electron chi connectivity index (χ3n) is 4.74. The number of hydrogen-bond donors (Lipinski definition) is 1. The van der Waals surface area contributed by atoms with Crippen LogP contribution in [0.25, 0.3) is 0 Å². The average Bonchev–Trinajstić information content (AvgIpc) is 2.75. The van der Waals surface area contributed by atoms with Gasteiger partial charge in [-0.05, 0) is 53.9 Å². The zero-order valence-corrected chi connectivity index (χ0v) is 18.6. The van der Waals surface area contributed by atoms with Gasteiger partial charge < -0.3 is 14.6 Å². The van der Waals surface area contributed by atoms with Gasteiger partial charge in [0.15, 0.2) is 6.61 Å². The minimum Gasteiger partial charge on any atom is -0.508 e. The summed E-state index contributed by atoms with van der Waals surface area (Å²) in [7, 11) is 0. The molecule has 0 radical (unpaired) electrons. The lowest BCUT2D eigenvalue weighted by Gasteiger charge is -2.14. The quantitative estimate of drug-likeness (QED) is 0.395. The van der Waals surface area contributed by atoms with E-state index in [1.807, 2.05) is 0 Å². The van der Waals surface area contributed by atoms with E-state index in [0.717, 1.165) is 0 Å². The first-order valence-electron chi connectivity index (χ1n) is 9.78. The summed E-state index contributed by atoms with van der Waals surface area (Å²) in [5, 5.41) is 10.6. The van der Waals surface area contributed by atoms with E-state index in [4.69, 9.17) is 32.7 Å². The number of rotatable bonds is 8. The van der Waals surface area contributed by atoms with Gasteiger partial charge in [-0.25, -0.2) is 13.6 Å². The van der Waals surface area contributed by atoms with Crippen LogP contribution in [0.2, 0.25) is 10.0 Å². The van der Waals surface area contributed by atoms with E-state index in [9.17, 15) is 14.3 Å². The SMILES string of the molecule is CCOC(=O)COc1cc(Cl)c(Cc2ccc(O)c(Cc3ccc(F)cc3)c2F)c(Cl)c1. The molecule has 3 aromatic carbocycles. The molecule has 0 aromatic heterocycles. The number of hydrogen-bond acceptors (Lipinski definition) is 4. The number of halogens is 4. The van der Waals surface area contributed by atoms with Gasteiger partial charge in [0.25, 0.3) is 0 Å². The van der Waals surface area contributed by atoms with Crippen molar-refractivity contribution in [3.8, 4) is 11.5 Å². The van der Waals surface area contributed by atoms with Gasteiger partial charge >= 0.3 is 5.97 Å². The first-order valence-corrected chi connectivity index (χ1v) is 10.5. The Morgan fingerprint density at radius 2 is 1.62 bits per heavy atom. The van der Waals surface area contributed by atoms with Crippen LogP contribution in [0.1, 0.15) is 29.2 Å². The van der Waals surface area contributed by atoms with E-state index in [0.29, 0.717) is 11.1 Å². The second-order valence-corrected chi connectivity index (χ2v) is 7.79. The number of carbonyl (C=O) groups excluding carboxylic acids is 1. The lowest BCUT2D eigenvalue weighted by atomic mass is 9.97. The van der Waals surface area contributed by atoms with Crippen molar-refractivity contribution in [2.45, 2.75) is 19.8 Å². The predicted molar refractivity (Wildman–Crippen MR) is 119 cm³/mol. The van der Waals surface area contributed by atoms with E-state index in [1.165, 1.54) is 48.5 Å². The normalized spacial score (nSPS) is 10.8. The van der Waals surface area contributed by atoms with E-state index >= 15 is 4.39 Å². The number of benzene rings is 3. The molecule has 4 nitrogen and oxygen atoms in total. The van der Waals surface area contributed by atoms with Crippen molar-refractivity contribution in [3.05, 3.63) is 92.5 Å². The molecule has 0 aliphatic carbocycles. The Balaban J connectivity index is 1.82. The van der Waals surface area contributed by atoms with Crippen molar-refractivity contribution in [2.75, 3.05) is 13.2 Å². The fourth-order valence-corrected chi connectivity index (χ4v) is 3.74. The summed E-state index contributed by atoms with van der Waals surface area (Å²) in [6.07, 6.45) is 0.159. The number of phenols is 1. The van der Waals surface area contributed by atoms with Gasteiger partial charge in [0.05, 0.1) is 6.61 Å². The van der Waals surface area contributed by atoms with Crippen molar-refractivity contribution in [3.63, 3.8) is 0 Å². The highest BCUT2D eigenvalue weighted by molar-refractivity contribution is 6.36. The molecule has 8 heteroatoms. The zero-order valence-electron chi connectivity index (χ0n) is 17.1. The Bertz CT molecular complexity index is 1090. The molecular weight excluding hydrogens is 461 g/mol. The van der Waals surface area contributed by atoms with Crippen LogP contribution in [0, 0.1) is 11.6 Å². The summed E-state index contributed by atoms with van der Waals surface area (Å²) in [6.45, 7) is 1.64. The number of carbonyl (C=O) groups is 1. The minimum absolute atomic E-state index is 0.0678. The molecule has 0 bridgehead atoms. The van der Waals surface area contributed by atoms with Gasteiger partial charge in [-0.15, -0.1) is 0 Å². The highest BCUT2D eigenvalue weighted by atomic mass is 35.5. The van der Waals surface area contributed by atoms with Crippen LogP contribution in [-0.4, -0.2) is 24.3 Å². The third kappa shape index (κ3) is 5.90. The number of phenolic OH excluding ortho intramolecular Hbond substituents is 1. The van der Waals surface area contributed by atoms with Gasteiger partial charge in [0, 0.05) is 28.5 Å². The summed E-state index contributed by atoms with van der Waals surface area (Å²) < 4.78 is 38.5. The fraction of sp³-hybridized carbons (Fsp3) is 0.208. The summed E-state index contributed by atoms with van der Waals surface area (Å²) in [6, 6.07) is 11.4. The van der Waals surface area contributed by atoms with Crippen molar-refractivity contribution < 1.29 is 28.2 Å². The van der Waals surface area contributed by atoms with Crippen molar-refractivity contribution in [2.24, 2.45) is 0 Å². The molecule has 3 aromatic rings. The fourth-order valence-electron chi connectivity index (χ4n) is 3.14. The molecule has 0 spiro atoms. The van der Waals surface area contributed by atoms with E-state index in [-0.39, 0.29) is 58.7 Å². The summed E-state index contributed by atoms with van der Waals surface area (Å²) in [5.74, 6) is -1.44. The molecule has 0 aliphatic rings. The molecule has 0 atom stereocenters. The maximum atomic E-state index is 15.2. The molecule has 0 heterocycles. The van der Waals surface area contributed by atoms with Crippen molar-refractivity contribution >= 4 is 29.2 Å². The molecule has 1 N–H and O–H groups in total. The van der Waals surface area contributed by atoms with Crippen LogP contribution >= 0.6 is 23.2 Å². The molecule has 0 amide bonds. The lowest BCUT2D eigenvalue weighted by molar-refractivity contribution is -0.145. The van der Waals surface area contributed by atoms with Crippen LogP contribution in [0.4, 0.5) is 8.78 Å². The molecule has 168 valence electrons. The maximum Gasteiger partial charge on any atom is 0.344 e. The lowest BCUT2D eigenvalue weighted by Crippen LogP contribution is -2.14. The molecule has 32 heavy (non-hydrogen) atoms. The van der Waals surface area contributed by atoms with E-state index in [1.54, 1.807) is 6.92 Å². The van der Waals surface area contributed by atoms with Gasteiger partial charge in [-0.3, -0.25) is 0 Å².